The van der Waals surface area contributed by atoms with Crippen LogP contribution < -0.4 is 5.73 Å². The van der Waals surface area contributed by atoms with E-state index in [0.29, 0.717) is 0 Å². The van der Waals surface area contributed by atoms with Crippen molar-refractivity contribution in [1.82, 2.24) is 0 Å². The molecule has 90 valence electrons. The van der Waals surface area contributed by atoms with Crippen molar-refractivity contribution in [2.75, 3.05) is 6.61 Å². The van der Waals surface area contributed by atoms with Gasteiger partial charge in [0.15, 0.2) is 0 Å². The maximum absolute atomic E-state index is 9.24. The minimum atomic E-state index is 0.0393. The molecular weight excluding hydrogens is 242 g/mol. The van der Waals surface area contributed by atoms with Crippen LogP contribution in [0, 0.1) is 0 Å². The lowest BCUT2D eigenvalue weighted by Crippen LogP contribution is -2.34. The second-order valence-corrected chi connectivity index (χ2v) is 5.33. The fourth-order valence-corrected chi connectivity index (χ4v) is 2.86. The zero-order valence-electron chi connectivity index (χ0n) is 9.40. The Kier molecular flexibility index (Phi) is 6.21. The van der Waals surface area contributed by atoms with Crippen molar-refractivity contribution in [1.29, 1.82) is 0 Å². The highest BCUT2D eigenvalue weighted by Gasteiger charge is 2.16. The van der Waals surface area contributed by atoms with Gasteiger partial charge >= 0.3 is 0 Å². The molecule has 0 amide bonds. The Morgan fingerprint density at radius 3 is 2.69 bits per heavy atom. The Hall–Kier alpha value is -0.220. The Bertz CT molecular complexity index is 322. The lowest BCUT2D eigenvalue weighted by atomic mass is 10.2. The van der Waals surface area contributed by atoms with E-state index in [4.69, 9.17) is 17.3 Å². The van der Waals surface area contributed by atoms with E-state index in [1.165, 1.54) is 0 Å². The molecule has 0 aliphatic carbocycles. The van der Waals surface area contributed by atoms with Crippen LogP contribution in [0.5, 0.6) is 0 Å². The Morgan fingerprint density at radius 2 is 2.12 bits per heavy atom. The molecule has 0 saturated carbocycles. The lowest BCUT2D eigenvalue weighted by molar-refractivity contribution is 0.281. The lowest BCUT2D eigenvalue weighted by Gasteiger charge is -2.20. The summed E-state index contributed by atoms with van der Waals surface area (Å²) >= 11 is 7.72. The van der Waals surface area contributed by atoms with Crippen molar-refractivity contribution < 1.29 is 5.11 Å². The summed E-state index contributed by atoms with van der Waals surface area (Å²) in [6.45, 7) is 2.15. The summed E-state index contributed by atoms with van der Waals surface area (Å²) in [6, 6.07) is 7.80. The molecule has 0 heterocycles. The van der Waals surface area contributed by atoms with Gasteiger partial charge in [-0.3, -0.25) is 0 Å². The van der Waals surface area contributed by atoms with Crippen molar-refractivity contribution in [3.05, 3.63) is 34.9 Å². The predicted molar refractivity (Wildman–Crippen MR) is 71.9 cm³/mol. The van der Waals surface area contributed by atoms with Crippen LogP contribution in [0.15, 0.2) is 24.3 Å². The third-order valence-electron chi connectivity index (χ3n) is 2.54. The van der Waals surface area contributed by atoms with Crippen molar-refractivity contribution in [3.63, 3.8) is 0 Å². The molecule has 0 bridgehead atoms. The minimum absolute atomic E-state index is 0.0393. The first-order valence-corrected chi connectivity index (χ1v) is 6.83. The highest BCUT2D eigenvalue weighted by molar-refractivity contribution is 7.99. The molecule has 0 aliphatic heterocycles. The van der Waals surface area contributed by atoms with E-state index < -0.39 is 0 Å². The number of thioether (sulfide) groups is 1. The van der Waals surface area contributed by atoms with E-state index in [1.54, 1.807) is 11.8 Å². The van der Waals surface area contributed by atoms with Crippen LogP contribution in [0.3, 0.4) is 0 Å². The third kappa shape index (κ3) is 3.98. The number of aliphatic hydroxyl groups excluding tert-OH is 1. The van der Waals surface area contributed by atoms with Crippen LogP contribution in [0.25, 0.3) is 0 Å². The van der Waals surface area contributed by atoms with Gasteiger partial charge in [-0.15, -0.1) is 11.8 Å². The van der Waals surface area contributed by atoms with E-state index in [2.05, 4.69) is 0 Å². The Morgan fingerprint density at radius 1 is 1.44 bits per heavy atom. The molecule has 2 unspecified atom stereocenters. The number of hydrogen-bond acceptors (Lipinski definition) is 3. The monoisotopic (exact) mass is 259 g/mol. The zero-order valence-corrected chi connectivity index (χ0v) is 11.0. The van der Waals surface area contributed by atoms with Gasteiger partial charge in [0.1, 0.15) is 0 Å². The topological polar surface area (TPSA) is 46.2 Å². The van der Waals surface area contributed by atoms with E-state index in [-0.39, 0.29) is 17.9 Å². The van der Waals surface area contributed by atoms with Gasteiger partial charge in [0.05, 0.1) is 6.61 Å². The molecule has 0 spiro atoms. The minimum Gasteiger partial charge on any atom is -0.395 e. The first-order valence-electron chi connectivity index (χ1n) is 5.40. The zero-order chi connectivity index (χ0) is 12.0. The Balaban J connectivity index is 2.53. The third-order valence-corrected chi connectivity index (χ3v) is 4.31. The van der Waals surface area contributed by atoms with Gasteiger partial charge in [0.2, 0.25) is 0 Å². The molecule has 2 atom stereocenters. The van der Waals surface area contributed by atoms with E-state index in [9.17, 15) is 5.11 Å². The van der Waals surface area contributed by atoms with Crippen LogP contribution in [0.1, 0.15) is 18.9 Å². The Labute approximate surface area is 106 Å². The SMILES string of the molecule is CCC(N)C(CO)SCc1ccccc1Cl. The van der Waals surface area contributed by atoms with Crippen molar-refractivity contribution in [2.45, 2.75) is 30.4 Å². The molecule has 0 saturated heterocycles. The fourth-order valence-electron chi connectivity index (χ4n) is 1.39. The number of aliphatic hydroxyl groups is 1. The maximum atomic E-state index is 9.24. The van der Waals surface area contributed by atoms with Gasteiger partial charge in [0, 0.05) is 22.1 Å². The van der Waals surface area contributed by atoms with Gasteiger partial charge < -0.3 is 10.8 Å². The second-order valence-electron chi connectivity index (χ2n) is 3.70. The van der Waals surface area contributed by atoms with Crippen LogP contribution in [0.4, 0.5) is 0 Å². The van der Waals surface area contributed by atoms with Crippen LogP contribution in [-0.2, 0) is 5.75 Å². The number of halogens is 1. The quantitative estimate of drug-likeness (QED) is 0.826. The molecule has 0 aromatic heterocycles. The van der Waals surface area contributed by atoms with Crippen molar-refractivity contribution >= 4 is 23.4 Å². The summed E-state index contributed by atoms with van der Waals surface area (Å²) in [6.07, 6.45) is 0.876. The molecule has 0 radical (unpaired) electrons. The van der Waals surface area contributed by atoms with Crippen LogP contribution in [-0.4, -0.2) is 23.0 Å². The normalized spacial score (nSPS) is 14.8. The summed E-state index contributed by atoms with van der Waals surface area (Å²) in [5, 5.41) is 10.1. The summed E-state index contributed by atoms with van der Waals surface area (Å²) in [5.41, 5.74) is 7.01. The smallest absolute Gasteiger partial charge is 0.0565 e. The maximum Gasteiger partial charge on any atom is 0.0565 e. The predicted octanol–water partition coefficient (Wildman–Crippen LogP) is 2.67. The molecule has 0 aliphatic rings. The van der Waals surface area contributed by atoms with Gasteiger partial charge in [-0.2, -0.15) is 0 Å². The van der Waals surface area contributed by atoms with Gasteiger partial charge in [-0.05, 0) is 18.1 Å². The van der Waals surface area contributed by atoms with Crippen LogP contribution in [0.2, 0.25) is 5.02 Å². The average Bonchev–Trinajstić information content (AvgIpc) is 2.31. The fraction of sp³-hybridized carbons (Fsp3) is 0.500. The van der Waals surface area contributed by atoms with Gasteiger partial charge in [-0.1, -0.05) is 36.7 Å². The first-order chi connectivity index (χ1) is 7.69. The number of nitrogens with two attached hydrogens (primary N) is 1. The number of benzene rings is 1. The molecule has 2 nitrogen and oxygen atoms in total. The van der Waals surface area contributed by atoms with Crippen LogP contribution >= 0.6 is 23.4 Å². The summed E-state index contributed by atoms with van der Waals surface area (Å²) in [4.78, 5) is 0. The number of hydrogen-bond donors (Lipinski definition) is 2. The largest absolute Gasteiger partial charge is 0.395 e. The second kappa shape index (κ2) is 7.17. The first kappa shape index (κ1) is 13.8. The molecule has 3 N–H and O–H groups in total. The summed E-state index contributed by atoms with van der Waals surface area (Å²) in [7, 11) is 0. The van der Waals surface area contributed by atoms with Gasteiger partial charge in [-0.25, -0.2) is 0 Å². The number of rotatable bonds is 6. The summed E-state index contributed by atoms with van der Waals surface area (Å²) < 4.78 is 0. The van der Waals surface area contributed by atoms with E-state index in [1.807, 2.05) is 31.2 Å². The molecule has 4 heteroatoms. The van der Waals surface area contributed by atoms with Gasteiger partial charge in [0.25, 0.3) is 0 Å². The molecule has 16 heavy (non-hydrogen) atoms. The standard InChI is InChI=1S/C12H18ClNOS/c1-2-11(14)12(7-15)16-8-9-5-3-4-6-10(9)13/h3-6,11-12,15H,2,7-8,14H2,1H3. The van der Waals surface area contributed by atoms with Crippen molar-refractivity contribution in [2.24, 2.45) is 5.73 Å². The molecule has 1 aromatic rings. The van der Waals surface area contributed by atoms with E-state index in [0.717, 1.165) is 22.8 Å². The highest BCUT2D eigenvalue weighted by Crippen LogP contribution is 2.25. The molecule has 1 rings (SSSR count). The highest BCUT2D eigenvalue weighted by atomic mass is 35.5. The molecular formula is C12H18ClNOS. The molecule has 0 fully saturated rings. The van der Waals surface area contributed by atoms with Crippen molar-refractivity contribution in [3.8, 4) is 0 Å². The van der Waals surface area contributed by atoms with E-state index >= 15 is 0 Å². The average molecular weight is 260 g/mol. The molecule has 1 aromatic carbocycles. The summed E-state index contributed by atoms with van der Waals surface area (Å²) in [5.74, 6) is 0.790.